The summed E-state index contributed by atoms with van der Waals surface area (Å²) >= 11 is 13.8. The van der Waals surface area contributed by atoms with E-state index in [1.54, 1.807) is 18.2 Å². The van der Waals surface area contributed by atoms with Crippen LogP contribution in [0.3, 0.4) is 0 Å². The molecule has 0 fully saturated rings. The zero-order valence-corrected chi connectivity index (χ0v) is 16.0. The summed E-state index contributed by atoms with van der Waals surface area (Å²) in [4.78, 5) is 9.77. The van der Waals surface area contributed by atoms with Crippen molar-refractivity contribution < 1.29 is 0 Å². The highest BCUT2D eigenvalue weighted by Gasteiger charge is 2.15. The van der Waals surface area contributed by atoms with Gasteiger partial charge in [0.15, 0.2) is 5.16 Å². The van der Waals surface area contributed by atoms with Crippen LogP contribution in [0.4, 0.5) is 5.82 Å². The van der Waals surface area contributed by atoms with E-state index in [1.165, 1.54) is 11.8 Å². The summed E-state index contributed by atoms with van der Waals surface area (Å²) in [6.07, 6.45) is 0. The summed E-state index contributed by atoms with van der Waals surface area (Å²) in [5.74, 6) is 0.386. The van der Waals surface area contributed by atoms with Gasteiger partial charge in [-0.1, -0.05) is 41.4 Å². The molecular weight excluding hydrogens is 389 g/mol. The molecule has 5 nitrogen and oxygen atoms in total. The lowest BCUT2D eigenvalue weighted by Gasteiger charge is -2.09. The Balaban J connectivity index is 1.83. The summed E-state index contributed by atoms with van der Waals surface area (Å²) in [5.41, 5.74) is 9.66. The third kappa shape index (κ3) is 3.11. The van der Waals surface area contributed by atoms with Crippen LogP contribution < -0.4 is 5.73 Å². The van der Waals surface area contributed by atoms with Crippen molar-refractivity contribution >= 4 is 51.7 Å². The maximum atomic E-state index is 6.26. The Morgan fingerprint density at radius 1 is 1.04 bits per heavy atom. The lowest BCUT2D eigenvalue weighted by molar-refractivity contribution is 1.01. The molecule has 0 aliphatic rings. The number of benzene rings is 2. The minimum atomic E-state index is 0.386. The number of nitrogen functional groups attached to an aromatic ring is 1. The maximum absolute atomic E-state index is 6.26. The molecule has 0 unspecified atom stereocenters. The Hall–Kier alpha value is -2.28. The number of aryl methyl sites for hydroxylation is 1. The van der Waals surface area contributed by atoms with Crippen molar-refractivity contribution in [1.29, 1.82) is 0 Å². The van der Waals surface area contributed by atoms with E-state index in [9.17, 15) is 0 Å². The van der Waals surface area contributed by atoms with Crippen LogP contribution in [0.25, 0.3) is 22.2 Å². The zero-order chi connectivity index (χ0) is 18.3. The van der Waals surface area contributed by atoms with Crippen molar-refractivity contribution in [3.05, 3.63) is 58.2 Å². The second-order valence-corrected chi connectivity index (χ2v) is 7.47. The van der Waals surface area contributed by atoms with Crippen LogP contribution in [-0.2, 0) is 0 Å². The van der Waals surface area contributed by atoms with Gasteiger partial charge in [0, 0.05) is 11.3 Å². The predicted molar refractivity (Wildman–Crippen MR) is 107 cm³/mol. The second kappa shape index (κ2) is 6.79. The molecular formula is C18H13Cl2N5S. The van der Waals surface area contributed by atoms with Crippen molar-refractivity contribution in [1.82, 2.24) is 20.2 Å². The van der Waals surface area contributed by atoms with E-state index in [0.29, 0.717) is 25.9 Å². The van der Waals surface area contributed by atoms with Gasteiger partial charge in [0.25, 0.3) is 0 Å². The molecule has 2 aromatic carbocycles. The predicted octanol–water partition coefficient (Wildman–Crippen LogP) is 5.37. The largest absolute Gasteiger partial charge is 0.383 e. The van der Waals surface area contributed by atoms with E-state index < -0.39 is 0 Å². The number of halogens is 2. The number of nitrogens with two attached hydrogens (primary N) is 1. The van der Waals surface area contributed by atoms with Crippen LogP contribution >= 0.6 is 35.0 Å². The molecule has 0 saturated carbocycles. The second-order valence-electron chi connectivity index (χ2n) is 5.68. The lowest BCUT2D eigenvalue weighted by atomic mass is 10.1. The minimum Gasteiger partial charge on any atom is -0.383 e. The third-order valence-corrected chi connectivity index (χ3v) is 5.69. The number of fused-ring (bicyclic) bond motifs is 1. The number of H-pyrrole nitrogens is 1. The number of hydrogen-bond acceptors (Lipinski definition) is 5. The summed E-state index contributed by atoms with van der Waals surface area (Å²) < 4.78 is 0. The molecule has 0 saturated heterocycles. The molecule has 3 N–H and O–H groups in total. The quantitative estimate of drug-likeness (QED) is 0.451. The number of hydrogen-bond donors (Lipinski definition) is 2. The molecule has 4 aromatic rings. The maximum Gasteiger partial charge on any atom is 0.195 e. The first-order valence-electron chi connectivity index (χ1n) is 7.73. The Bertz CT molecular complexity index is 1110. The fourth-order valence-corrected chi connectivity index (χ4v) is 4.11. The first-order valence-corrected chi connectivity index (χ1v) is 9.30. The van der Waals surface area contributed by atoms with E-state index in [1.807, 2.05) is 31.2 Å². The van der Waals surface area contributed by atoms with E-state index in [2.05, 4.69) is 20.2 Å². The van der Waals surface area contributed by atoms with Gasteiger partial charge in [-0.05, 0) is 43.0 Å². The fraction of sp³-hybridized carbons (Fsp3) is 0.0556. The Labute approximate surface area is 163 Å². The summed E-state index contributed by atoms with van der Waals surface area (Å²) in [6.45, 7) is 1.95. The number of anilines is 1. The molecule has 0 amide bonds. The molecule has 26 heavy (non-hydrogen) atoms. The zero-order valence-electron chi connectivity index (χ0n) is 13.6. The van der Waals surface area contributed by atoms with Crippen molar-refractivity contribution in [2.45, 2.75) is 17.0 Å². The number of rotatable bonds is 3. The van der Waals surface area contributed by atoms with Crippen molar-refractivity contribution in [2.24, 2.45) is 0 Å². The van der Waals surface area contributed by atoms with Gasteiger partial charge in [-0.25, -0.2) is 9.97 Å². The molecule has 0 radical (unpaired) electrons. The van der Waals surface area contributed by atoms with Crippen LogP contribution in [0.1, 0.15) is 5.69 Å². The van der Waals surface area contributed by atoms with E-state index >= 15 is 0 Å². The van der Waals surface area contributed by atoms with Gasteiger partial charge in [-0.3, -0.25) is 5.10 Å². The van der Waals surface area contributed by atoms with Gasteiger partial charge in [0.05, 0.1) is 31.5 Å². The van der Waals surface area contributed by atoms with Crippen LogP contribution in [0.5, 0.6) is 0 Å². The van der Waals surface area contributed by atoms with E-state index in [4.69, 9.17) is 28.9 Å². The number of nitrogens with one attached hydrogen (secondary N) is 1. The first kappa shape index (κ1) is 17.1. The minimum absolute atomic E-state index is 0.386. The van der Waals surface area contributed by atoms with Crippen molar-refractivity contribution in [3.8, 4) is 11.3 Å². The smallest absolute Gasteiger partial charge is 0.195 e. The standard InChI is InChI=1S/C18H13Cl2N5S/c1-9-8-14(25-24-9)10-4-2-7-13-15(10)17(21)23-18(22-13)26-16-11(19)5-3-6-12(16)20/h2-8H,1H3,(H,24,25)(H2,21,22,23). The highest BCUT2D eigenvalue weighted by molar-refractivity contribution is 7.99. The van der Waals surface area contributed by atoms with Crippen molar-refractivity contribution in [3.63, 3.8) is 0 Å². The summed E-state index contributed by atoms with van der Waals surface area (Å²) in [7, 11) is 0. The van der Waals surface area contributed by atoms with Gasteiger partial charge in [0.1, 0.15) is 5.82 Å². The monoisotopic (exact) mass is 401 g/mol. The first-order chi connectivity index (χ1) is 12.5. The highest BCUT2D eigenvalue weighted by Crippen LogP contribution is 2.39. The molecule has 0 aliphatic carbocycles. The molecule has 0 atom stereocenters. The van der Waals surface area contributed by atoms with Gasteiger partial charge < -0.3 is 5.73 Å². The van der Waals surface area contributed by atoms with Gasteiger partial charge in [-0.2, -0.15) is 5.10 Å². The van der Waals surface area contributed by atoms with Gasteiger partial charge >= 0.3 is 0 Å². The Morgan fingerprint density at radius 3 is 2.46 bits per heavy atom. The van der Waals surface area contributed by atoms with Crippen LogP contribution in [-0.4, -0.2) is 20.2 Å². The van der Waals surface area contributed by atoms with Crippen LogP contribution in [0.2, 0.25) is 10.0 Å². The van der Waals surface area contributed by atoms with E-state index in [-0.39, 0.29) is 0 Å². The van der Waals surface area contributed by atoms with Crippen LogP contribution in [0, 0.1) is 6.92 Å². The third-order valence-electron chi connectivity index (χ3n) is 3.82. The van der Waals surface area contributed by atoms with Gasteiger partial charge in [-0.15, -0.1) is 0 Å². The lowest BCUT2D eigenvalue weighted by Crippen LogP contribution is -1.98. The SMILES string of the molecule is Cc1cc(-c2cccc3nc(Sc4c(Cl)cccc4Cl)nc(N)c23)n[nH]1. The van der Waals surface area contributed by atoms with E-state index in [0.717, 1.165) is 27.9 Å². The Kier molecular flexibility index (Phi) is 4.48. The number of aromatic nitrogens is 4. The molecule has 4 rings (SSSR count). The van der Waals surface area contributed by atoms with Crippen LogP contribution in [0.15, 0.2) is 52.5 Å². The molecule has 2 heterocycles. The Morgan fingerprint density at radius 2 is 1.77 bits per heavy atom. The summed E-state index contributed by atoms with van der Waals surface area (Å²) in [6, 6.07) is 13.1. The number of aromatic amines is 1. The topological polar surface area (TPSA) is 80.5 Å². The normalized spacial score (nSPS) is 11.2. The highest BCUT2D eigenvalue weighted by atomic mass is 35.5. The van der Waals surface area contributed by atoms with Gasteiger partial charge in [0.2, 0.25) is 0 Å². The molecule has 0 spiro atoms. The summed E-state index contributed by atoms with van der Waals surface area (Å²) in [5, 5.41) is 9.61. The molecule has 0 aliphatic heterocycles. The molecule has 130 valence electrons. The number of nitrogens with zero attached hydrogens (tertiary/aromatic N) is 3. The average Bonchev–Trinajstić information content (AvgIpc) is 3.04. The average molecular weight is 402 g/mol. The molecule has 0 bridgehead atoms. The molecule has 2 aromatic heterocycles. The fourth-order valence-electron chi connectivity index (χ4n) is 2.68. The van der Waals surface area contributed by atoms with Crippen molar-refractivity contribution in [2.75, 3.05) is 5.73 Å². The molecule has 8 heteroatoms.